The molecule has 8 heteroatoms. The predicted octanol–water partition coefficient (Wildman–Crippen LogP) is 8.78. The standard InChI is InChI=1S/C41H28N4S4/c1-21-25-17-30-38(34-10-6-14-47-34)23(3)27-19-32-40(36-12-8-16-49-36)24(4)28-20-31-39(35-11-7-15-48-35)22(2)26-18-29(37(21)33-9-5-13-46-33)42(25)41(43(27)30,44(26)31)45(28)32/h5-20H,1-4H3/q+2. The molecule has 0 fully saturated rings. The third-order valence-electron chi connectivity index (χ3n) is 11.4. The molecular weight excluding hydrogens is 677 g/mol. The highest BCUT2D eigenvalue weighted by molar-refractivity contribution is 7.14. The summed E-state index contributed by atoms with van der Waals surface area (Å²) in [5.74, 6) is -0.723. The second-order valence-corrected chi connectivity index (χ2v) is 17.3. The molecule has 0 saturated carbocycles. The molecule has 0 amide bonds. The van der Waals surface area contributed by atoms with E-state index in [4.69, 9.17) is 0 Å². The van der Waals surface area contributed by atoms with Crippen molar-refractivity contribution in [1.82, 2.24) is 9.13 Å². The van der Waals surface area contributed by atoms with Crippen molar-refractivity contribution in [2.45, 2.75) is 33.6 Å². The number of hydrogen-bond donors (Lipinski definition) is 0. The lowest BCUT2D eigenvalue weighted by Gasteiger charge is -2.38. The van der Waals surface area contributed by atoms with Crippen molar-refractivity contribution in [2.75, 3.05) is 0 Å². The minimum absolute atomic E-state index is 0.723. The number of aromatic nitrogens is 2. The van der Waals surface area contributed by atoms with Gasteiger partial charge in [-0.1, -0.05) is 33.4 Å². The van der Waals surface area contributed by atoms with Gasteiger partial charge in [0.2, 0.25) is 22.8 Å². The largest absolute Gasteiger partial charge is 0.553 e. The van der Waals surface area contributed by atoms with Crippen molar-refractivity contribution in [3.05, 3.63) is 136 Å². The van der Waals surface area contributed by atoms with E-state index in [-0.39, 0.29) is 0 Å². The monoisotopic (exact) mass is 704 g/mol. The highest BCUT2D eigenvalue weighted by atomic mass is 32.1. The van der Waals surface area contributed by atoms with Crippen molar-refractivity contribution in [1.29, 1.82) is 0 Å². The Morgan fingerprint density at radius 2 is 1.08 bits per heavy atom. The highest BCUT2D eigenvalue weighted by Crippen LogP contribution is 2.55. The summed E-state index contributed by atoms with van der Waals surface area (Å²) in [6.45, 7) is 9.38. The van der Waals surface area contributed by atoms with Crippen molar-refractivity contribution >= 4 is 92.2 Å². The summed E-state index contributed by atoms with van der Waals surface area (Å²) in [7, 11) is 0. The molecule has 1 unspecified atom stereocenters. The molecule has 0 aliphatic carbocycles. The summed E-state index contributed by atoms with van der Waals surface area (Å²) < 4.78 is 10.8. The fourth-order valence-electron chi connectivity index (χ4n) is 9.49. The Morgan fingerprint density at radius 1 is 0.510 bits per heavy atom. The van der Waals surface area contributed by atoms with Gasteiger partial charge in [0.05, 0.1) is 33.2 Å². The fraction of sp³-hybridized carbons (Fsp3) is 0.122. The minimum atomic E-state index is -0.723. The van der Waals surface area contributed by atoms with Gasteiger partial charge in [0.15, 0.2) is 0 Å². The Labute approximate surface area is 298 Å². The maximum atomic E-state index is 2.70. The fourth-order valence-corrected chi connectivity index (χ4v) is 12.8. The second kappa shape index (κ2) is 8.94. The van der Waals surface area contributed by atoms with E-state index in [1.54, 1.807) is 0 Å². The van der Waals surface area contributed by atoms with Crippen LogP contribution in [0.15, 0.2) is 92.6 Å². The lowest BCUT2D eigenvalue weighted by atomic mass is 10.0. The average molecular weight is 705 g/mol. The van der Waals surface area contributed by atoms with E-state index in [1.165, 1.54) is 109 Å². The number of allylic oxidation sites excluding steroid dienone is 4. The molecule has 49 heavy (non-hydrogen) atoms. The predicted molar refractivity (Wildman–Crippen MR) is 207 cm³/mol. The zero-order valence-corrected chi connectivity index (χ0v) is 30.4. The normalized spacial score (nSPS) is 20.6. The van der Waals surface area contributed by atoms with Crippen molar-refractivity contribution in [3.63, 3.8) is 0 Å². The van der Waals surface area contributed by atoms with Gasteiger partial charge in [0, 0.05) is 66.1 Å². The Kier molecular flexibility index (Phi) is 4.97. The summed E-state index contributed by atoms with van der Waals surface area (Å²) in [5, 5.41) is 11.4. The van der Waals surface area contributed by atoms with Crippen molar-refractivity contribution < 1.29 is 9.15 Å². The molecule has 12 heterocycles. The topological polar surface area (TPSA) is 15.9 Å². The summed E-state index contributed by atoms with van der Waals surface area (Å²) in [6.07, 6.45) is 9.98. The first-order chi connectivity index (χ1) is 24.0. The molecule has 6 aromatic rings. The summed E-state index contributed by atoms with van der Waals surface area (Å²) in [4.78, 5) is 5.28. The minimum Gasteiger partial charge on any atom is -0.198 e. The van der Waals surface area contributed by atoms with Crippen molar-refractivity contribution in [3.8, 4) is 20.9 Å². The molecule has 234 valence electrons. The molecule has 0 bridgehead atoms. The molecule has 0 saturated heterocycles. The number of rotatable bonds is 4. The van der Waals surface area contributed by atoms with Crippen LogP contribution in [-0.4, -0.2) is 29.7 Å². The van der Waals surface area contributed by atoms with Gasteiger partial charge in [-0.3, -0.25) is 0 Å². The average Bonchev–Trinajstić information content (AvgIpc) is 3.95. The zero-order valence-electron chi connectivity index (χ0n) is 27.2. The van der Waals surface area contributed by atoms with Crippen LogP contribution in [0.4, 0.5) is 0 Å². The van der Waals surface area contributed by atoms with Crippen LogP contribution in [0.5, 0.6) is 0 Å². The Hall–Kier alpha value is -4.60. The van der Waals surface area contributed by atoms with Gasteiger partial charge in [0.25, 0.3) is 0 Å². The Morgan fingerprint density at radius 3 is 1.73 bits per heavy atom. The van der Waals surface area contributed by atoms with E-state index < -0.39 is 5.91 Å². The molecule has 0 N–H and O–H groups in total. The molecule has 12 rings (SSSR count). The van der Waals surface area contributed by atoms with Crippen LogP contribution in [0.2, 0.25) is 0 Å². The first kappa shape index (κ1) is 27.2. The lowest BCUT2D eigenvalue weighted by Crippen LogP contribution is -2.70. The third-order valence-corrected chi connectivity index (χ3v) is 14.9. The van der Waals surface area contributed by atoms with Gasteiger partial charge in [-0.05, 0) is 84.6 Å². The molecule has 0 aromatic carbocycles. The smallest absolute Gasteiger partial charge is 0.198 e. The van der Waals surface area contributed by atoms with E-state index >= 15 is 0 Å². The van der Waals surface area contributed by atoms with E-state index in [0.717, 1.165) is 0 Å². The van der Waals surface area contributed by atoms with Crippen molar-refractivity contribution in [2.24, 2.45) is 0 Å². The molecule has 1 atom stereocenters. The number of nitrogens with zero attached hydrogens (tertiary/aromatic N) is 4. The molecule has 4 nitrogen and oxygen atoms in total. The van der Waals surface area contributed by atoms with Gasteiger partial charge in [-0.15, -0.1) is 45.3 Å². The number of thiophene rings is 4. The van der Waals surface area contributed by atoms with Gasteiger partial charge in [0.1, 0.15) is 0 Å². The third kappa shape index (κ3) is 2.93. The first-order valence-electron chi connectivity index (χ1n) is 16.6. The summed E-state index contributed by atoms with van der Waals surface area (Å²) in [5.41, 5.74) is 18.5. The van der Waals surface area contributed by atoms with Crippen LogP contribution in [0.1, 0.15) is 46.1 Å². The molecule has 6 aliphatic rings. The summed E-state index contributed by atoms with van der Waals surface area (Å²) >= 11 is 7.36. The van der Waals surface area contributed by atoms with Crippen LogP contribution < -0.4 is 10.7 Å². The van der Waals surface area contributed by atoms with E-state index in [9.17, 15) is 0 Å². The summed E-state index contributed by atoms with van der Waals surface area (Å²) in [6, 6.07) is 18.0. The van der Waals surface area contributed by atoms with Crippen LogP contribution in [0.3, 0.4) is 0 Å². The maximum Gasteiger partial charge on any atom is 0.553 e. The molecule has 1 spiro atoms. The zero-order chi connectivity index (χ0) is 32.5. The molecule has 6 aromatic heterocycles. The van der Waals surface area contributed by atoms with Gasteiger partial charge in [-0.2, -0.15) is 9.13 Å². The van der Waals surface area contributed by atoms with Gasteiger partial charge >= 0.3 is 5.91 Å². The van der Waals surface area contributed by atoms with E-state index in [0.29, 0.717) is 0 Å². The Balaban J connectivity index is 1.35. The van der Waals surface area contributed by atoms with Crippen LogP contribution >= 0.6 is 45.3 Å². The Bertz CT molecular complexity index is 2870. The van der Waals surface area contributed by atoms with E-state index in [2.05, 4.69) is 140 Å². The lowest BCUT2D eigenvalue weighted by molar-refractivity contribution is -0.833. The maximum absolute atomic E-state index is 2.70. The first-order valence-corrected chi connectivity index (χ1v) is 20.1. The quantitative estimate of drug-likeness (QED) is 0.163. The number of hydrogen-bond acceptors (Lipinski definition) is 4. The van der Waals surface area contributed by atoms with Gasteiger partial charge in [-0.25, -0.2) is 0 Å². The highest BCUT2D eigenvalue weighted by Gasteiger charge is 2.73. The van der Waals surface area contributed by atoms with Crippen LogP contribution in [0, 0.1) is 13.8 Å². The van der Waals surface area contributed by atoms with E-state index in [1.807, 2.05) is 45.3 Å². The van der Waals surface area contributed by atoms with Gasteiger partial charge < -0.3 is 0 Å². The molecule has 6 aliphatic heterocycles. The van der Waals surface area contributed by atoms with Crippen LogP contribution in [0.25, 0.3) is 56.3 Å². The van der Waals surface area contributed by atoms with Crippen LogP contribution in [-0.2, 0) is 5.91 Å². The SMILES string of the molecule is CC1=C(c2cccs2)C2=Cc3c(C)c(-c4cccs4)c4n3C35n6c(c(C)c(-c7cccs7)c6=CC1=[N+]23)=CC1=[N+]5C(=C4)C(C)=C1c1cccs1. The molecule has 0 radical (unpaired) electrons. The second-order valence-electron chi connectivity index (χ2n) is 13.5. The molecular formula is C41H28N4S4+2.